The maximum absolute atomic E-state index is 12.5. The van der Waals surface area contributed by atoms with Crippen molar-refractivity contribution in [2.75, 3.05) is 0 Å². The number of hydrogen-bond acceptors (Lipinski definition) is 5. The van der Waals surface area contributed by atoms with Gasteiger partial charge in [-0.05, 0) is 24.3 Å². The number of aromatic amines is 1. The van der Waals surface area contributed by atoms with Gasteiger partial charge >= 0.3 is 5.56 Å². The van der Waals surface area contributed by atoms with Gasteiger partial charge in [0.15, 0.2) is 5.58 Å². The molecule has 7 nitrogen and oxygen atoms in total. The van der Waals surface area contributed by atoms with Crippen LogP contribution in [0, 0.1) is 0 Å². The van der Waals surface area contributed by atoms with Gasteiger partial charge in [0, 0.05) is 0 Å². The molecule has 22 heavy (non-hydrogen) atoms. The van der Waals surface area contributed by atoms with E-state index in [0.29, 0.717) is 16.8 Å². The van der Waals surface area contributed by atoms with Gasteiger partial charge in [-0.15, -0.1) is 5.10 Å². The first-order valence-electron chi connectivity index (χ1n) is 6.56. The first-order chi connectivity index (χ1) is 10.7. The van der Waals surface area contributed by atoms with Crippen LogP contribution in [0.1, 0.15) is 0 Å². The SMILES string of the molecule is O=c1c(-c2nc3ccccc3o2)n[nH]n1-c1ccccc1O. The fraction of sp³-hybridized carbons (Fsp3) is 0. The first kappa shape index (κ1) is 12.4. The van der Waals surface area contributed by atoms with Gasteiger partial charge in [-0.1, -0.05) is 24.3 Å². The van der Waals surface area contributed by atoms with Crippen molar-refractivity contribution in [2.45, 2.75) is 0 Å². The van der Waals surface area contributed by atoms with E-state index in [1.165, 1.54) is 6.07 Å². The molecule has 0 amide bonds. The lowest BCUT2D eigenvalue weighted by Crippen LogP contribution is -2.15. The van der Waals surface area contributed by atoms with Crippen LogP contribution in [-0.4, -0.2) is 25.1 Å². The molecule has 0 unspecified atom stereocenters. The minimum Gasteiger partial charge on any atom is -0.506 e. The molecule has 4 aromatic rings. The number of nitrogens with zero attached hydrogens (tertiary/aromatic N) is 3. The van der Waals surface area contributed by atoms with Crippen LogP contribution >= 0.6 is 0 Å². The molecule has 0 saturated heterocycles. The highest BCUT2D eigenvalue weighted by atomic mass is 16.3. The third kappa shape index (κ3) is 1.80. The summed E-state index contributed by atoms with van der Waals surface area (Å²) in [5, 5.41) is 16.4. The van der Waals surface area contributed by atoms with Crippen molar-refractivity contribution >= 4 is 11.1 Å². The zero-order chi connectivity index (χ0) is 15.1. The second-order valence-electron chi connectivity index (χ2n) is 4.68. The number of phenolic OH excluding ortho intramolecular Hbond substituents is 1. The third-order valence-electron chi connectivity index (χ3n) is 3.29. The molecule has 0 fully saturated rings. The Kier molecular flexibility index (Phi) is 2.59. The molecule has 7 heteroatoms. The maximum Gasteiger partial charge on any atom is 0.304 e. The van der Waals surface area contributed by atoms with Crippen LogP contribution in [0.2, 0.25) is 0 Å². The Bertz CT molecular complexity index is 995. The first-order valence-corrected chi connectivity index (χ1v) is 6.56. The van der Waals surface area contributed by atoms with Crippen molar-refractivity contribution < 1.29 is 9.52 Å². The number of fused-ring (bicyclic) bond motifs is 1. The molecule has 2 aromatic carbocycles. The number of oxazole rings is 1. The van der Waals surface area contributed by atoms with E-state index in [1.807, 2.05) is 12.1 Å². The molecule has 0 aliphatic carbocycles. The molecule has 4 rings (SSSR count). The normalized spacial score (nSPS) is 11.1. The highest BCUT2D eigenvalue weighted by Crippen LogP contribution is 2.22. The van der Waals surface area contributed by atoms with Crippen molar-refractivity contribution in [3.8, 4) is 23.0 Å². The van der Waals surface area contributed by atoms with Crippen molar-refractivity contribution in [3.63, 3.8) is 0 Å². The number of nitrogens with one attached hydrogen (secondary N) is 1. The van der Waals surface area contributed by atoms with Gasteiger partial charge in [-0.3, -0.25) is 4.79 Å². The van der Waals surface area contributed by atoms with E-state index in [0.717, 1.165) is 4.68 Å². The zero-order valence-corrected chi connectivity index (χ0v) is 11.2. The van der Waals surface area contributed by atoms with Crippen LogP contribution in [0.5, 0.6) is 5.75 Å². The van der Waals surface area contributed by atoms with E-state index in [2.05, 4.69) is 15.3 Å². The summed E-state index contributed by atoms with van der Waals surface area (Å²) in [4.78, 5) is 16.7. The summed E-state index contributed by atoms with van der Waals surface area (Å²) in [5.41, 5.74) is 1.14. The van der Waals surface area contributed by atoms with E-state index in [9.17, 15) is 9.90 Å². The van der Waals surface area contributed by atoms with Crippen LogP contribution in [0.15, 0.2) is 57.7 Å². The van der Waals surface area contributed by atoms with Gasteiger partial charge in [0.1, 0.15) is 17.0 Å². The van der Waals surface area contributed by atoms with E-state index >= 15 is 0 Å². The van der Waals surface area contributed by atoms with Gasteiger partial charge in [0.2, 0.25) is 5.69 Å². The van der Waals surface area contributed by atoms with E-state index in [4.69, 9.17) is 4.42 Å². The number of phenols is 1. The summed E-state index contributed by atoms with van der Waals surface area (Å²) in [5.74, 6) is 0.106. The molecule has 2 heterocycles. The van der Waals surface area contributed by atoms with Crippen LogP contribution in [0.25, 0.3) is 28.4 Å². The Morgan fingerprint density at radius 1 is 1.09 bits per heavy atom. The minimum absolute atomic E-state index is 0.0302. The van der Waals surface area contributed by atoms with Crippen molar-refractivity contribution in [1.82, 2.24) is 20.0 Å². The van der Waals surface area contributed by atoms with Gasteiger partial charge in [0.05, 0.1) is 0 Å². The van der Waals surface area contributed by atoms with Gasteiger partial charge < -0.3 is 9.52 Å². The van der Waals surface area contributed by atoms with Crippen LogP contribution < -0.4 is 5.56 Å². The quantitative estimate of drug-likeness (QED) is 0.590. The molecule has 2 aromatic heterocycles. The number of hydrogen-bond donors (Lipinski definition) is 2. The fourth-order valence-corrected chi connectivity index (χ4v) is 2.23. The summed E-state index contributed by atoms with van der Waals surface area (Å²) in [6, 6.07) is 13.7. The van der Waals surface area contributed by atoms with Crippen molar-refractivity contribution in [3.05, 3.63) is 58.9 Å². The molecular formula is C15H10N4O3. The number of benzene rings is 2. The monoisotopic (exact) mass is 294 g/mol. The Morgan fingerprint density at radius 3 is 2.68 bits per heavy atom. The molecule has 0 aliphatic heterocycles. The number of H-pyrrole nitrogens is 1. The van der Waals surface area contributed by atoms with E-state index in [1.54, 1.807) is 30.3 Å². The molecule has 108 valence electrons. The lowest BCUT2D eigenvalue weighted by Gasteiger charge is -2.01. The van der Waals surface area contributed by atoms with Gasteiger partial charge in [-0.25, -0.2) is 10.2 Å². The fourth-order valence-electron chi connectivity index (χ4n) is 2.23. The Labute approximate surface area is 123 Å². The number of aromatic hydroxyl groups is 1. The second-order valence-corrected chi connectivity index (χ2v) is 4.68. The molecule has 2 N–H and O–H groups in total. The molecule has 0 spiro atoms. The van der Waals surface area contributed by atoms with Crippen LogP contribution in [0.3, 0.4) is 0 Å². The van der Waals surface area contributed by atoms with E-state index in [-0.39, 0.29) is 17.3 Å². The summed E-state index contributed by atoms with van der Waals surface area (Å²) >= 11 is 0. The van der Waals surface area contributed by atoms with Gasteiger partial charge in [-0.2, -0.15) is 4.68 Å². The summed E-state index contributed by atoms with van der Waals surface area (Å²) in [6.07, 6.45) is 0. The molecule has 0 atom stereocenters. The van der Waals surface area contributed by atoms with Crippen molar-refractivity contribution in [2.24, 2.45) is 0 Å². The largest absolute Gasteiger partial charge is 0.506 e. The lowest BCUT2D eigenvalue weighted by molar-refractivity contribution is 0.469. The molecule has 0 bridgehead atoms. The Morgan fingerprint density at radius 2 is 1.86 bits per heavy atom. The number of rotatable bonds is 2. The average molecular weight is 294 g/mol. The standard InChI is InChI=1S/C15H10N4O3/c20-11-7-3-2-6-10(11)19-15(21)13(17-18-19)14-16-9-5-1-4-8-12(9)22-14/h1-8,18,20H. The number of aromatic nitrogens is 4. The minimum atomic E-state index is -0.451. The van der Waals surface area contributed by atoms with Crippen molar-refractivity contribution in [1.29, 1.82) is 0 Å². The highest BCUT2D eigenvalue weighted by molar-refractivity contribution is 5.75. The predicted octanol–water partition coefficient (Wildman–Crippen LogP) is 2.07. The maximum atomic E-state index is 12.5. The number of para-hydroxylation sites is 4. The Hall–Kier alpha value is -3.35. The highest BCUT2D eigenvalue weighted by Gasteiger charge is 2.18. The zero-order valence-electron chi connectivity index (χ0n) is 11.2. The Balaban J connectivity index is 1.88. The molecule has 0 radical (unpaired) electrons. The predicted molar refractivity (Wildman–Crippen MR) is 78.9 cm³/mol. The summed E-state index contributed by atoms with van der Waals surface area (Å²) < 4.78 is 6.68. The lowest BCUT2D eigenvalue weighted by atomic mass is 10.3. The van der Waals surface area contributed by atoms with Gasteiger partial charge in [0.25, 0.3) is 5.89 Å². The van der Waals surface area contributed by atoms with E-state index < -0.39 is 5.56 Å². The van der Waals surface area contributed by atoms with Crippen LogP contribution in [-0.2, 0) is 0 Å². The summed E-state index contributed by atoms with van der Waals surface area (Å²) in [6.45, 7) is 0. The second kappa shape index (κ2) is 4.59. The average Bonchev–Trinajstić information content (AvgIpc) is 3.11. The smallest absolute Gasteiger partial charge is 0.304 e. The van der Waals surface area contributed by atoms with Crippen LogP contribution in [0.4, 0.5) is 0 Å². The molecule has 0 saturated carbocycles. The topological polar surface area (TPSA) is 96.9 Å². The molecular weight excluding hydrogens is 284 g/mol. The molecule has 0 aliphatic rings. The third-order valence-corrected chi connectivity index (χ3v) is 3.29. The summed E-state index contributed by atoms with van der Waals surface area (Å²) in [7, 11) is 0.